The number of halogens is 1. The van der Waals surface area contributed by atoms with Crippen LogP contribution in [0.2, 0.25) is 5.02 Å². The predicted molar refractivity (Wildman–Crippen MR) is 105 cm³/mol. The number of nitrogens with one attached hydrogen (secondary N) is 1. The van der Waals surface area contributed by atoms with Gasteiger partial charge in [0.25, 0.3) is 15.9 Å². The van der Waals surface area contributed by atoms with Crippen LogP contribution < -0.4 is 4.72 Å². The van der Waals surface area contributed by atoms with E-state index < -0.39 is 16.0 Å². The van der Waals surface area contributed by atoms with Gasteiger partial charge in [-0.2, -0.15) is 0 Å². The van der Waals surface area contributed by atoms with Gasteiger partial charge in [0.15, 0.2) is 6.61 Å². The van der Waals surface area contributed by atoms with Crippen LogP contribution in [0.25, 0.3) is 0 Å². The SMILES string of the molecule is O=C(OCC(=O)N1CCCC1)c1ccccc1NS(=O)(=O)c1ccc(Cl)cc1. The number of benzene rings is 2. The lowest BCUT2D eigenvalue weighted by Gasteiger charge is -2.16. The number of nitrogens with zero attached hydrogens (tertiary/aromatic N) is 1. The molecule has 0 bridgehead atoms. The molecular formula is C19H19ClN2O5S. The van der Waals surface area contributed by atoms with Crippen LogP contribution in [0.5, 0.6) is 0 Å². The molecule has 1 heterocycles. The molecule has 0 spiro atoms. The normalized spacial score (nSPS) is 14.0. The van der Waals surface area contributed by atoms with Crippen LogP contribution in [0, 0.1) is 0 Å². The first-order chi connectivity index (χ1) is 13.4. The van der Waals surface area contributed by atoms with E-state index in [0.29, 0.717) is 18.1 Å². The maximum Gasteiger partial charge on any atom is 0.340 e. The van der Waals surface area contributed by atoms with Crippen molar-refractivity contribution in [1.82, 2.24) is 4.90 Å². The molecule has 0 atom stereocenters. The van der Waals surface area contributed by atoms with Crippen LogP contribution in [0.15, 0.2) is 53.4 Å². The van der Waals surface area contributed by atoms with Crippen molar-refractivity contribution < 1.29 is 22.7 Å². The number of likely N-dealkylation sites (tertiary alicyclic amines) is 1. The molecule has 28 heavy (non-hydrogen) atoms. The number of amides is 1. The van der Waals surface area contributed by atoms with Gasteiger partial charge in [-0.3, -0.25) is 9.52 Å². The van der Waals surface area contributed by atoms with Crippen molar-refractivity contribution in [2.24, 2.45) is 0 Å². The lowest BCUT2D eigenvalue weighted by atomic mass is 10.2. The lowest BCUT2D eigenvalue weighted by molar-refractivity contribution is -0.133. The molecule has 0 unspecified atom stereocenters. The predicted octanol–water partition coefficient (Wildman–Crippen LogP) is 2.92. The fourth-order valence-electron chi connectivity index (χ4n) is 2.83. The second-order valence-corrected chi connectivity index (χ2v) is 8.39. The van der Waals surface area contributed by atoms with E-state index in [-0.39, 0.29) is 28.7 Å². The second kappa shape index (κ2) is 8.62. The molecule has 1 aliphatic heterocycles. The van der Waals surface area contributed by atoms with Gasteiger partial charge in [-0.25, -0.2) is 13.2 Å². The van der Waals surface area contributed by atoms with Gasteiger partial charge in [0.05, 0.1) is 16.1 Å². The number of carbonyl (C=O) groups excluding carboxylic acids is 2. The molecule has 1 amide bonds. The molecule has 1 saturated heterocycles. The van der Waals surface area contributed by atoms with E-state index in [0.717, 1.165) is 12.8 Å². The molecule has 0 aliphatic carbocycles. The Kier molecular flexibility index (Phi) is 6.21. The zero-order valence-electron chi connectivity index (χ0n) is 14.9. The van der Waals surface area contributed by atoms with Crippen molar-refractivity contribution in [2.45, 2.75) is 17.7 Å². The fraction of sp³-hybridized carbons (Fsp3) is 0.263. The van der Waals surface area contributed by atoms with Crippen molar-refractivity contribution in [3.8, 4) is 0 Å². The summed E-state index contributed by atoms with van der Waals surface area (Å²) in [6.07, 6.45) is 1.88. The topological polar surface area (TPSA) is 92.8 Å². The first-order valence-electron chi connectivity index (χ1n) is 8.69. The van der Waals surface area contributed by atoms with E-state index in [1.165, 1.54) is 36.4 Å². The van der Waals surface area contributed by atoms with Crippen LogP contribution in [0.4, 0.5) is 5.69 Å². The fourth-order valence-corrected chi connectivity index (χ4v) is 4.04. The number of hydrogen-bond donors (Lipinski definition) is 1. The van der Waals surface area contributed by atoms with Crippen LogP contribution >= 0.6 is 11.6 Å². The van der Waals surface area contributed by atoms with E-state index in [1.54, 1.807) is 17.0 Å². The summed E-state index contributed by atoms with van der Waals surface area (Å²) in [6.45, 7) is 0.943. The number of carbonyl (C=O) groups is 2. The third-order valence-corrected chi connectivity index (χ3v) is 5.93. The third kappa shape index (κ3) is 4.82. The molecule has 1 aliphatic rings. The standard InChI is InChI=1S/C19H19ClN2O5S/c20-14-7-9-15(10-8-14)28(25,26)21-17-6-2-1-5-16(17)19(24)27-13-18(23)22-11-3-4-12-22/h1-2,5-10,21H,3-4,11-13H2. The summed E-state index contributed by atoms with van der Waals surface area (Å²) in [6, 6.07) is 11.7. The van der Waals surface area contributed by atoms with Crippen LogP contribution in [-0.2, 0) is 19.6 Å². The molecule has 0 radical (unpaired) electrons. The monoisotopic (exact) mass is 422 g/mol. The number of para-hydroxylation sites is 1. The molecule has 9 heteroatoms. The van der Waals surface area contributed by atoms with Gasteiger partial charge in [-0.05, 0) is 49.2 Å². The van der Waals surface area contributed by atoms with E-state index in [2.05, 4.69) is 4.72 Å². The van der Waals surface area contributed by atoms with Gasteiger partial charge in [0, 0.05) is 18.1 Å². The van der Waals surface area contributed by atoms with Crippen LogP contribution in [0.3, 0.4) is 0 Å². The minimum Gasteiger partial charge on any atom is -0.452 e. The average Bonchev–Trinajstić information content (AvgIpc) is 3.21. The van der Waals surface area contributed by atoms with E-state index >= 15 is 0 Å². The molecule has 1 fully saturated rings. The van der Waals surface area contributed by atoms with Crippen molar-refractivity contribution >= 4 is 39.2 Å². The molecule has 3 rings (SSSR count). The zero-order valence-corrected chi connectivity index (χ0v) is 16.5. The summed E-state index contributed by atoms with van der Waals surface area (Å²) in [5, 5.41) is 0.408. The van der Waals surface area contributed by atoms with Crippen LogP contribution in [-0.4, -0.2) is 44.9 Å². The molecule has 1 N–H and O–H groups in total. The summed E-state index contributed by atoms with van der Waals surface area (Å²) in [4.78, 5) is 26.1. The molecular weight excluding hydrogens is 404 g/mol. The quantitative estimate of drug-likeness (QED) is 0.722. The highest BCUT2D eigenvalue weighted by atomic mass is 35.5. The lowest BCUT2D eigenvalue weighted by Crippen LogP contribution is -2.32. The first-order valence-corrected chi connectivity index (χ1v) is 10.6. The first kappa shape index (κ1) is 20.2. The van der Waals surface area contributed by atoms with Crippen LogP contribution in [0.1, 0.15) is 23.2 Å². The molecule has 7 nitrogen and oxygen atoms in total. The summed E-state index contributed by atoms with van der Waals surface area (Å²) < 4.78 is 32.6. The summed E-state index contributed by atoms with van der Waals surface area (Å²) >= 11 is 5.79. The highest BCUT2D eigenvalue weighted by molar-refractivity contribution is 7.92. The maximum atomic E-state index is 12.6. The van der Waals surface area contributed by atoms with Gasteiger partial charge in [0.2, 0.25) is 0 Å². The van der Waals surface area contributed by atoms with Gasteiger partial charge in [0.1, 0.15) is 0 Å². The Morgan fingerprint density at radius 2 is 1.68 bits per heavy atom. The number of rotatable bonds is 6. The number of esters is 1. The molecule has 2 aromatic rings. The zero-order chi connectivity index (χ0) is 20.1. The summed E-state index contributed by atoms with van der Waals surface area (Å²) in [5.41, 5.74) is 0.0883. The minimum absolute atomic E-state index is 0.00396. The van der Waals surface area contributed by atoms with E-state index in [4.69, 9.17) is 16.3 Å². The molecule has 2 aromatic carbocycles. The number of ether oxygens (including phenoxy) is 1. The van der Waals surface area contributed by atoms with Gasteiger partial charge >= 0.3 is 5.97 Å². The average molecular weight is 423 g/mol. The number of anilines is 1. The van der Waals surface area contributed by atoms with E-state index in [1.807, 2.05) is 0 Å². The van der Waals surface area contributed by atoms with Crippen molar-refractivity contribution in [1.29, 1.82) is 0 Å². The number of hydrogen-bond acceptors (Lipinski definition) is 5. The summed E-state index contributed by atoms with van der Waals surface area (Å²) in [5.74, 6) is -1.04. The molecule has 148 valence electrons. The molecule has 0 saturated carbocycles. The van der Waals surface area contributed by atoms with Gasteiger partial charge in [-0.15, -0.1) is 0 Å². The van der Waals surface area contributed by atoms with Crippen molar-refractivity contribution in [2.75, 3.05) is 24.4 Å². The number of sulfonamides is 1. The second-order valence-electron chi connectivity index (χ2n) is 6.27. The Morgan fingerprint density at radius 3 is 2.36 bits per heavy atom. The maximum absolute atomic E-state index is 12.6. The Hall–Kier alpha value is -2.58. The Labute approximate surface area is 168 Å². The van der Waals surface area contributed by atoms with Crippen molar-refractivity contribution in [3.63, 3.8) is 0 Å². The Bertz CT molecular complexity index is 970. The highest BCUT2D eigenvalue weighted by Crippen LogP contribution is 2.22. The van der Waals surface area contributed by atoms with Gasteiger partial charge < -0.3 is 9.64 Å². The molecule has 0 aromatic heterocycles. The van der Waals surface area contributed by atoms with Crippen molar-refractivity contribution in [3.05, 3.63) is 59.1 Å². The Balaban J connectivity index is 1.72. The summed E-state index contributed by atoms with van der Waals surface area (Å²) in [7, 11) is -3.92. The van der Waals surface area contributed by atoms with E-state index in [9.17, 15) is 18.0 Å². The minimum atomic E-state index is -3.92. The van der Waals surface area contributed by atoms with Gasteiger partial charge in [-0.1, -0.05) is 23.7 Å². The third-order valence-electron chi connectivity index (χ3n) is 4.30. The smallest absolute Gasteiger partial charge is 0.340 e. The Morgan fingerprint density at radius 1 is 1.04 bits per heavy atom. The largest absolute Gasteiger partial charge is 0.452 e. The highest BCUT2D eigenvalue weighted by Gasteiger charge is 2.22.